The van der Waals surface area contributed by atoms with Crippen LogP contribution in [0.3, 0.4) is 0 Å². The topological polar surface area (TPSA) is 112 Å². The summed E-state index contributed by atoms with van der Waals surface area (Å²) in [5, 5.41) is 0.859. The summed E-state index contributed by atoms with van der Waals surface area (Å²) in [5.74, 6) is -0.920. The third-order valence-corrected chi connectivity index (χ3v) is 6.25. The van der Waals surface area contributed by atoms with Gasteiger partial charge < -0.3 is 0 Å². The van der Waals surface area contributed by atoms with Crippen molar-refractivity contribution in [3.63, 3.8) is 0 Å². The van der Waals surface area contributed by atoms with Gasteiger partial charge in [-0.3, -0.25) is 4.79 Å². The first-order chi connectivity index (χ1) is 11.2. The molecule has 0 atom stereocenters. The Morgan fingerprint density at radius 1 is 1.04 bits per heavy atom. The van der Waals surface area contributed by atoms with E-state index in [-0.39, 0.29) is 4.90 Å². The zero-order valence-electron chi connectivity index (χ0n) is 11.4. The van der Waals surface area contributed by atoms with Gasteiger partial charge in [0.15, 0.2) is 5.66 Å². The van der Waals surface area contributed by atoms with Crippen LogP contribution in [0.15, 0.2) is 60.5 Å². The number of benzene rings is 1. The average molecular weight is 428 g/mol. The third kappa shape index (κ3) is 3.14. The highest BCUT2D eigenvalue weighted by Crippen LogP contribution is 2.45. The number of rotatable bonds is 4. The molecule has 1 aliphatic carbocycles. The first-order valence-electron chi connectivity index (χ1n) is 5.99. The van der Waals surface area contributed by atoms with Gasteiger partial charge in [-0.1, -0.05) is 69.7 Å². The smallest absolute Gasteiger partial charge is 0.241 e. The molecule has 0 bridgehead atoms. The van der Waals surface area contributed by atoms with Crippen LogP contribution < -0.4 is 4.72 Å². The Labute approximate surface area is 156 Å². The van der Waals surface area contributed by atoms with Crippen molar-refractivity contribution in [2.75, 3.05) is 0 Å². The summed E-state index contributed by atoms with van der Waals surface area (Å²) in [5.41, 5.74) is 6.45. The van der Waals surface area contributed by atoms with Crippen LogP contribution in [0, 0.1) is 0 Å². The summed E-state index contributed by atoms with van der Waals surface area (Å²) in [6, 6.07) is 7.15. The van der Waals surface area contributed by atoms with Gasteiger partial charge in [0.25, 0.3) is 0 Å². The molecular weight excluding hydrogens is 422 g/mol. The maximum Gasteiger partial charge on any atom is 0.241 e. The maximum absolute atomic E-state index is 12.5. The van der Waals surface area contributed by atoms with E-state index in [9.17, 15) is 13.2 Å². The monoisotopic (exact) mass is 426 g/mol. The van der Waals surface area contributed by atoms with Gasteiger partial charge in [0, 0.05) is 4.91 Å². The van der Waals surface area contributed by atoms with Gasteiger partial charge in [0.2, 0.25) is 15.8 Å². The number of carbonyl (C=O) groups is 1. The van der Waals surface area contributed by atoms with Gasteiger partial charge in [-0.2, -0.15) is 4.72 Å². The molecule has 1 aromatic carbocycles. The van der Waals surface area contributed by atoms with Crippen LogP contribution in [0.25, 0.3) is 10.4 Å². The van der Waals surface area contributed by atoms with E-state index in [0.717, 1.165) is 0 Å². The van der Waals surface area contributed by atoms with Crippen molar-refractivity contribution in [1.82, 2.24) is 4.72 Å². The van der Waals surface area contributed by atoms with E-state index in [2.05, 4.69) is 14.7 Å². The van der Waals surface area contributed by atoms with Crippen molar-refractivity contribution in [2.45, 2.75) is 10.6 Å². The van der Waals surface area contributed by atoms with E-state index < -0.39 is 41.6 Å². The van der Waals surface area contributed by atoms with Crippen molar-refractivity contribution in [1.29, 1.82) is 0 Å². The number of azide groups is 1. The first kappa shape index (κ1) is 19.1. The van der Waals surface area contributed by atoms with Crippen molar-refractivity contribution < 1.29 is 13.2 Å². The summed E-state index contributed by atoms with van der Waals surface area (Å²) in [4.78, 5) is 14.2. The Hall–Kier alpha value is -1.25. The van der Waals surface area contributed by atoms with Crippen LogP contribution in [0.2, 0.25) is 0 Å². The molecule has 1 N–H and O–H groups in total. The minimum absolute atomic E-state index is 0.157. The van der Waals surface area contributed by atoms with Crippen LogP contribution in [0.5, 0.6) is 0 Å². The zero-order chi connectivity index (χ0) is 18.1. The first-order valence-corrected chi connectivity index (χ1v) is 8.98. The minimum Gasteiger partial charge on any atom is -0.287 e. The van der Waals surface area contributed by atoms with Gasteiger partial charge in [-0.15, -0.1) is 0 Å². The fourth-order valence-corrected chi connectivity index (χ4v) is 4.30. The molecule has 0 aromatic heterocycles. The lowest BCUT2D eigenvalue weighted by atomic mass is 10.0. The maximum atomic E-state index is 12.5. The van der Waals surface area contributed by atoms with E-state index in [0.29, 0.717) is 0 Å². The Kier molecular flexibility index (Phi) is 5.51. The van der Waals surface area contributed by atoms with Crippen molar-refractivity contribution in [3.8, 4) is 0 Å². The number of hydrogen-bond acceptors (Lipinski definition) is 4. The van der Waals surface area contributed by atoms with Crippen LogP contribution in [0.4, 0.5) is 0 Å². The highest BCUT2D eigenvalue weighted by atomic mass is 35.5. The molecule has 12 heteroatoms. The van der Waals surface area contributed by atoms with Crippen LogP contribution in [0.1, 0.15) is 0 Å². The molecule has 0 amide bonds. The van der Waals surface area contributed by atoms with Crippen molar-refractivity contribution >= 4 is 62.2 Å². The Morgan fingerprint density at radius 3 is 2.00 bits per heavy atom. The molecule has 1 aliphatic rings. The average Bonchev–Trinajstić information content (AvgIpc) is 2.57. The number of nitrogens with one attached hydrogen (secondary N) is 1. The summed E-state index contributed by atoms with van der Waals surface area (Å²) in [7, 11) is -4.25. The number of hydrogen-bond donors (Lipinski definition) is 1. The van der Waals surface area contributed by atoms with E-state index in [1.807, 2.05) is 0 Å². The molecule has 0 fully saturated rings. The predicted octanol–water partition coefficient (Wildman–Crippen LogP) is 3.93. The van der Waals surface area contributed by atoms with Crippen LogP contribution >= 0.6 is 46.4 Å². The van der Waals surface area contributed by atoms with E-state index in [4.69, 9.17) is 51.9 Å². The van der Waals surface area contributed by atoms with Gasteiger partial charge in [-0.25, -0.2) is 8.42 Å². The second-order valence-electron chi connectivity index (χ2n) is 4.40. The molecule has 0 radical (unpaired) electrons. The lowest BCUT2D eigenvalue weighted by Gasteiger charge is -2.32. The number of carbonyl (C=O) groups excluding carboxylic acids is 1. The highest BCUT2D eigenvalue weighted by molar-refractivity contribution is 7.89. The molecule has 126 valence electrons. The largest absolute Gasteiger partial charge is 0.287 e. The Bertz CT molecular complexity index is 893. The minimum atomic E-state index is -4.25. The molecule has 0 unspecified atom stereocenters. The number of nitrogens with zero attached hydrogens (tertiary/aromatic N) is 3. The lowest BCUT2D eigenvalue weighted by molar-refractivity contribution is -0.111. The normalized spacial score (nSPS) is 17.8. The molecule has 1 aromatic rings. The molecular formula is C12H6Cl4N4O3S. The van der Waals surface area contributed by atoms with Crippen LogP contribution in [-0.2, 0) is 14.8 Å². The predicted molar refractivity (Wildman–Crippen MR) is 91.1 cm³/mol. The SMILES string of the molecule is [N-]=[N+]=NC1(NS(=O)(=O)c2ccccc2)C(Cl)=C(Cl)C(=O)C(Cl)=C1Cl. The summed E-state index contributed by atoms with van der Waals surface area (Å²) in [6.45, 7) is 0. The molecule has 2 rings (SSSR count). The molecule has 0 saturated carbocycles. The Morgan fingerprint density at radius 2 is 1.54 bits per heavy atom. The number of allylic oxidation sites excluding steroid dienone is 2. The fraction of sp³-hybridized carbons (Fsp3) is 0.0833. The quantitative estimate of drug-likeness (QED) is 0.446. The fourth-order valence-electron chi connectivity index (χ4n) is 1.83. The highest BCUT2D eigenvalue weighted by Gasteiger charge is 2.48. The Balaban J connectivity index is 2.70. The number of sulfonamides is 1. The molecule has 0 heterocycles. The molecule has 7 nitrogen and oxygen atoms in total. The van der Waals surface area contributed by atoms with Gasteiger partial charge in [0.1, 0.15) is 10.1 Å². The van der Waals surface area contributed by atoms with Gasteiger partial charge in [0.05, 0.1) is 15.0 Å². The molecule has 0 spiro atoms. The number of halogens is 4. The van der Waals surface area contributed by atoms with Crippen molar-refractivity contribution in [2.24, 2.45) is 5.11 Å². The third-order valence-electron chi connectivity index (χ3n) is 2.95. The van der Waals surface area contributed by atoms with Crippen molar-refractivity contribution in [3.05, 3.63) is 60.9 Å². The standard InChI is InChI=1S/C12H6Cl4N4O3S/c13-7-9(21)8(14)11(16)12(10(7)15,18-20-17)19-24(22,23)6-4-2-1-3-5-6/h1-5,19H. The van der Waals surface area contributed by atoms with E-state index in [1.54, 1.807) is 6.07 Å². The second kappa shape index (κ2) is 6.93. The number of Topliss-reactive ketones (excluding diaryl/α,β-unsaturated/α-hetero) is 1. The zero-order valence-corrected chi connectivity index (χ0v) is 15.2. The summed E-state index contributed by atoms with van der Waals surface area (Å²) in [6.07, 6.45) is 0. The lowest BCUT2D eigenvalue weighted by Crippen LogP contribution is -2.50. The molecule has 0 aliphatic heterocycles. The van der Waals surface area contributed by atoms with E-state index in [1.165, 1.54) is 24.3 Å². The van der Waals surface area contributed by atoms with Crippen LogP contribution in [-0.4, -0.2) is 19.9 Å². The number of ketones is 1. The van der Waals surface area contributed by atoms with E-state index >= 15 is 0 Å². The van der Waals surface area contributed by atoms with Gasteiger partial charge in [-0.05, 0) is 17.7 Å². The summed E-state index contributed by atoms with van der Waals surface area (Å²) >= 11 is 23.5. The molecule has 24 heavy (non-hydrogen) atoms. The second-order valence-corrected chi connectivity index (χ2v) is 7.60. The molecule has 0 saturated heterocycles. The summed E-state index contributed by atoms with van der Waals surface area (Å²) < 4.78 is 27.1. The van der Waals surface area contributed by atoms with Gasteiger partial charge >= 0.3 is 0 Å².